The van der Waals surface area contributed by atoms with E-state index in [1.165, 1.54) is 0 Å². The van der Waals surface area contributed by atoms with E-state index in [1.54, 1.807) is 12.3 Å². The average molecular weight is 253 g/mol. The molecule has 0 aromatic carbocycles. The maximum Gasteiger partial charge on any atom is 0.413 e. The summed E-state index contributed by atoms with van der Waals surface area (Å²) in [6, 6.07) is 3.69. The van der Waals surface area contributed by atoms with Crippen molar-refractivity contribution in [2.24, 2.45) is 0 Å². The van der Waals surface area contributed by atoms with E-state index in [0.717, 1.165) is 18.4 Å². The molecule has 0 radical (unpaired) electrons. The first-order valence-corrected chi connectivity index (χ1v) is 6.00. The number of aromatic nitrogens is 1. The van der Waals surface area contributed by atoms with Gasteiger partial charge in [-0.15, -0.1) is 0 Å². The molecule has 1 rings (SSSR count). The molecule has 0 unspecified atom stereocenters. The summed E-state index contributed by atoms with van der Waals surface area (Å²) < 4.78 is 5.14. The largest absolute Gasteiger partial charge is 0.445 e. The highest BCUT2D eigenvalue weighted by Gasteiger charge is 2.16. The van der Waals surface area contributed by atoms with Gasteiger partial charge in [0.2, 0.25) is 0 Å². The minimum absolute atomic E-state index is 0.400. The molecule has 1 aromatic heterocycles. The summed E-state index contributed by atoms with van der Waals surface area (Å²) in [6.07, 6.45) is 2.75. The van der Waals surface area contributed by atoms with E-state index in [4.69, 9.17) is 9.84 Å². The topological polar surface area (TPSA) is 74.1 Å². The summed E-state index contributed by atoms with van der Waals surface area (Å²) in [5.41, 5.74) is 0.538. The van der Waals surface area contributed by atoms with E-state index in [0.29, 0.717) is 12.4 Å². The Morgan fingerprint density at radius 3 is 2.83 bits per heavy atom. The van der Waals surface area contributed by atoms with E-state index in [1.807, 2.05) is 26.8 Å². The molecule has 0 aliphatic carbocycles. The van der Waals surface area contributed by atoms with Gasteiger partial charge in [0.25, 0.3) is 0 Å². The fourth-order valence-electron chi connectivity index (χ4n) is 1.40. The molecule has 3 N–H and O–H groups in total. The highest BCUT2D eigenvalue weighted by molar-refractivity contribution is 5.83. The molecule has 0 spiro atoms. The second-order valence-electron chi connectivity index (χ2n) is 5.03. The van der Waals surface area contributed by atoms with Gasteiger partial charge < -0.3 is 9.84 Å². The number of amides is 1. The number of carbonyl (C=O) groups is 1. The lowest BCUT2D eigenvalue weighted by atomic mass is 10.1. The Morgan fingerprint density at radius 1 is 1.50 bits per heavy atom. The lowest BCUT2D eigenvalue weighted by Gasteiger charge is -2.19. The second-order valence-corrected chi connectivity index (χ2v) is 5.03. The molecule has 1 amide bonds. The maximum atomic E-state index is 11.6. The fraction of sp³-hybridized carbons (Fsp3) is 0.538. The first-order valence-electron chi connectivity index (χ1n) is 6.00. The molecule has 5 heteroatoms. The van der Waals surface area contributed by atoms with Crippen LogP contribution < -0.4 is 5.32 Å². The fourth-order valence-corrected chi connectivity index (χ4v) is 1.40. The minimum atomic E-state index is -0.521. The second kappa shape index (κ2) is 6.35. The third-order valence-electron chi connectivity index (χ3n) is 2.10. The molecular formula is C13H21N2O3+. The summed E-state index contributed by atoms with van der Waals surface area (Å²) in [4.78, 5) is 15.6. The zero-order valence-electron chi connectivity index (χ0n) is 11.1. The molecule has 0 saturated carbocycles. The molecule has 0 bridgehead atoms. The van der Waals surface area contributed by atoms with Gasteiger partial charge in [0.1, 0.15) is 18.0 Å². The first-order chi connectivity index (χ1) is 8.40. The van der Waals surface area contributed by atoms with Crippen LogP contribution in [-0.2, 0) is 11.2 Å². The van der Waals surface area contributed by atoms with Crippen molar-refractivity contribution in [3.8, 4) is 0 Å². The third-order valence-corrected chi connectivity index (χ3v) is 2.10. The molecule has 1 heterocycles. The van der Waals surface area contributed by atoms with Crippen LogP contribution in [0.15, 0.2) is 18.3 Å². The smallest absolute Gasteiger partial charge is 0.413 e. The molecular weight excluding hydrogens is 232 g/mol. The summed E-state index contributed by atoms with van der Waals surface area (Å²) in [6.45, 7) is 5.83. The Hall–Kier alpha value is -1.62. The van der Waals surface area contributed by atoms with Crippen LogP contribution in [0.5, 0.6) is 0 Å². The summed E-state index contributed by atoms with van der Waals surface area (Å²) >= 11 is 0. The number of hydrogen-bond acceptors (Lipinski definition) is 3. The standard InChI is InChI=1S/C13H20N2O3/c1-13(2,3)18-12(17)15-11-9-10(5-4-8-16)6-7-14-11/h6-7,9,16H,4-5,8H2,1-3H3,(H,14,15,17)/p+1. The third kappa shape index (κ3) is 5.63. The predicted molar refractivity (Wildman–Crippen MR) is 70.9 cm³/mol. The van der Waals surface area contributed by atoms with E-state index < -0.39 is 11.7 Å². The van der Waals surface area contributed by atoms with Gasteiger partial charge in [-0.2, -0.15) is 0 Å². The van der Waals surface area contributed by atoms with Crippen molar-refractivity contribution in [3.63, 3.8) is 0 Å². The quantitative estimate of drug-likeness (QED) is 0.835. The van der Waals surface area contributed by atoms with Gasteiger partial charge in [0.15, 0.2) is 0 Å². The molecule has 5 nitrogen and oxygen atoms in total. The average Bonchev–Trinajstić information content (AvgIpc) is 2.24. The van der Waals surface area contributed by atoms with Crippen molar-refractivity contribution in [1.29, 1.82) is 0 Å². The Kier molecular flexibility index (Phi) is 5.09. The van der Waals surface area contributed by atoms with Crippen molar-refractivity contribution in [2.45, 2.75) is 39.2 Å². The van der Waals surface area contributed by atoms with Crippen LogP contribution in [0.2, 0.25) is 0 Å². The predicted octanol–water partition coefficient (Wildman–Crippen LogP) is 2.09. The number of anilines is 1. The molecule has 1 aromatic rings. The Morgan fingerprint density at radius 2 is 2.22 bits per heavy atom. The summed E-state index contributed by atoms with van der Waals surface area (Å²) in [5.74, 6) is 0.478. The number of hydrogen-bond donors (Lipinski definition) is 1. The zero-order chi connectivity index (χ0) is 13.6. The van der Waals surface area contributed by atoms with Crippen LogP contribution in [0.1, 0.15) is 32.8 Å². The number of pyridine rings is 1. The first kappa shape index (κ1) is 14.4. The van der Waals surface area contributed by atoms with Crippen LogP contribution in [0.3, 0.4) is 0 Å². The molecule has 0 saturated heterocycles. The molecule has 18 heavy (non-hydrogen) atoms. The van der Waals surface area contributed by atoms with Crippen molar-refractivity contribution in [2.75, 3.05) is 11.9 Å². The van der Waals surface area contributed by atoms with Crippen LogP contribution in [0.4, 0.5) is 10.6 Å². The van der Waals surface area contributed by atoms with Gasteiger partial charge >= 0.3 is 6.09 Å². The van der Waals surface area contributed by atoms with Crippen molar-refractivity contribution < 1.29 is 14.6 Å². The van der Waals surface area contributed by atoms with E-state index in [2.05, 4.69) is 10.3 Å². The van der Waals surface area contributed by atoms with Gasteiger partial charge in [-0.25, -0.2) is 9.78 Å². The number of rotatable bonds is 4. The minimum Gasteiger partial charge on any atom is -0.445 e. The highest BCUT2D eigenvalue weighted by Crippen LogP contribution is 2.12. The van der Waals surface area contributed by atoms with Gasteiger partial charge in [-0.05, 0) is 44.9 Å². The lowest BCUT2D eigenvalue weighted by molar-refractivity contribution is 0.0635. The van der Waals surface area contributed by atoms with Crippen molar-refractivity contribution >= 4 is 11.9 Å². The van der Waals surface area contributed by atoms with Gasteiger partial charge in [-0.1, -0.05) is 0 Å². The summed E-state index contributed by atoms with van der Waals surface area (Å²) in [7, 11) is 0. The highest BCUT2D eigenvalue weighted by atomic mass is 16.6. The van der Waals surface area contributed by atoms with E-state index in [-0.39, 0.29) is 0 Å². The Labute approximate surface area is 107 Å². The van der Waals surface area contributed by atoms with Crippen molar-refractivity contribution in [1.82, 2.24) is 4.98 Å². The molecule has 0 aliphatic heterocycles. The van der Waals surface area contributed by atoms with E-state index in [9.17, 15) is 4.79 Å². The van der Waals surface area contributed by atoms with Crippen LogP contribution in [0.25, 0.3) is 0 Å². The van der Waals surface area contributed by atoms with Crippen LogP contribution >= 0.6 is 0 Å². The normalized spacial score (nSPS) is 11.1. The van der Waals surface area contributed by atoms with Gasteiger partial charge in [0, 0.05) is 12.6 Å². The SMILES string of the molecule is CC(C)(C)OC(=O)Nc1cc(CCC[OH2+])ccn1. The molecule has 0 aliphatic rings. The number of ether oxygens (including phenoxy) is 1. The van der Waals surface area contributed by atoms with E-state index >= 15 is 0 Å². The van der Waals surface area contributed by atoms with Gasteiger partial charge in [0.05, 0.1) is 0 Å². The number of nitrogens with one attached hydrogen (secondary N) is 1. The zero-order valence-corrected chi connectivity index (χ0v) is 11.1. The maximum absolute atomic E-state index is 11.6. The van der Waals surface area contributed by atoms with Crippen LogP contribution in [-0.4, -0.2) is 28.4 Å². The van der Waals surface area contributed by atoms with Crippen molar-refractivity contribution in [3.05, 3.63) is 23.9 Å². The number of aryl methyl sites for hydroxylation is 1. The van der Waals surface area contributed by atoms with Crippen LogP contribution in [0, 0.1) is 0 Å². The molecule has 100 valence electrons. The molecule has 0 atom stereocenters. The number of carbonyl (C=O) groups excluding carboxylic acids is 1. The Bertz CT molecular complexity index is 399. The monoisotopic (exact) mass is 253 g/mol. The summed E-state index contributed by atoms with van der Waals surface area (Å²) in [5, 5.41) is 9.71. The number of nitrogens with zero attached hydrogens (tertiary/aromatic N) is 1. The molecule has 0 fully saturated rings. The van der Waals surface area contributed by atoms with Gasteiger partial charge in [-0.3, -0.25) is 5.32 Å². The lowest BCUT2D eigenvalue weighted by Crippen LogP contribution is -2.27. The Balaban J connectivity index is 2.59.